The van der Waals surface area contributed by atoms with E-state index in [1.54, 1.807) is 0 Å². The number of aryl methyl sites for hydroxylation is 2. The zero-order valence-electron chi connectivity index (χ0n) is 27.7. The van der Waals surface area contributed by atoms with Crippen molar-refractivity contribution in [2.45, 2.75) is 33.1 Å². The molecular formula is C47H37N. The third kappa shape index (κ3) is 4.61. The van der Waals surface area contributed by atoms with Crippen LogP contribution in [0.2, 0.25) is 0 Å². The number of hydrogen-bond donors (Lipinski definition) is 0. The van der Waals surface area contributed by atoms with Gasteiger partial charge in [0.2, 0.25) is 0 Å². The molecule has 0 radical (unpaired) electrons. The van der Waals surface area contributed by atoms with Gasteiger partial charge in [-0.05, 0) is 123 Å². The number of fused-ring (bicyclic) bond motifs is 6. The molecule has 1 atom stereocenters. The zero-order valence-corrected chi connectivity index (χ0v) is 27.7. The lowest BCUT2D eigenvalue weighted by molar-refractivity contribution is 0.751. The molecule has 0 aromatic heterocycles. The minimum absolute atomic E-state index is 0.459. The molecule has 0 saturated carbocycles. The van der Waals surface area contributed by atoms with E-state index in [-0.39, 0.29) is 0 Å². The van der Waals surface area contributed by atoms with Gasteiger partial charge < -0.3 is 4.90 Å². The molecule has 1 heteroatoms. The van der Waals surface area contributed by atoms with Crippen LogP contribution in [-0.4, -0.2) is 0 Å². The van der Waals surface area contributed by atoms with Crippen LogP contribution < -0.4 is 4.90 Å². The molecule has 1 unspecified atom stereocenters. The molecule has 0 spiro atoms. The molecule has 1 nitrogen and oxygen atoms in total. The first-order valence-electron chi connectivity index (χ1n) is 17.1. The molecule has 8 aromatic carbocycles. The summed E-state index contributed by atoms with van der Waals surface area (Å²) in [6, 6.07) is 56.6. The Labute approximate surface area is 282 Å². The highest BCUT2D eigenvalue weighted by Crippen LogP contribution is 2.49. The van der Waals surface area contributed by atoms with Gasteiger partial charge in [-0.3, -0.25) is 0 Å². The topological polar surface area (TPSA) is 3.24 Å². The minimum atomic E-state index is 0.459. The Bertz CT molecular complexity index is 2430. The van der Waals surface area contributed by atoms with Gasteiger partial charge in [-0.25, -0.2) is 0 Å². The van der Waals surface area contributed by atoms with Crippen molar-refractivity contribution in [1.29, 1.82) is 0 Å². The van der Waals surface area contributed by atoms with Crippen molar-refractivity contribution in [2.75, 3.05) is 4.90 Å². The van der Waals surface area contributed by atoms with E-state index < -0.39 is 0 Å². The Morgan fingerprint density at radius 1 is 0.500 bits per heavy atom. The smallest absolute Gasteiger partial charge is 0.0618 e. The molecule has 48 heavy (non-hydrogen) atoms. The predicted molar refractivity (Wildman–Crippen MR) is 206 cm³/mol. The van der Waals surface area contributed by atoms with Crippen LogP contribution >= 0.6 is 0 Å². The minimum Gasteiger partial charge on any atom is -0.309 e. The summed E-state index contributed by atoms with van der Waals surface area (Å²) in [4.78, 5) is 2.46. The first-order chi connectivity index (χ1) is 23.5. The molecule has 1 aliphatic rings. The van der Waals surface area contributed by atoms with Crippen molar-refractivity contribution in [3.63, 3.8) is 0 Å². The predicted octanol–water partition coefficient (Wildman–Crippen LogP) is 13.2. The quantitative estimate of drug-likeness (QED) is 0.178. The summed E-state index contributed by atoms with van der Waals surface area (Å²) in [6.07, 6.45) is 1.04. The second-order valence-electron chi connectivity index (χ2n) is 13.6. The second-order valence-corrected chi connectivity index (χ2v) is 13.6. The average Bonchev–Trinajstić information content (AvgIpc) is 3.11. The standard InChI is InChI=1S/C47H37N/c1-30-12-10-16-37(24-30)48(38-17-11-13-31(2)25-38)47-42-20-8-6-18-40(42)46(41-19-7-9-21-43(41)47)35-22-23-39-36(27-35)26-32(3)44-28-33-14-4-5-15-34(33)29-45(39)44/h4-25,27-29,32H,26H2,1-3H3. The van der Waals surface area contributed by atoms with Gasteiger partial charge >= 0.3 is 0 Å². The Morgan fingerprint density at radius 2 is 1.06 bits per heavy atom. The van der Waals surface area contributed by atoms with Gasteiger partial charge in [0.1, 0.15) is 0 Å². The van der Waals surface area contributed by atoms with Crippen molar-refractivity contribution in [2.24, 2.45) is 0 Å². The lowest BCUT2D eigenvalue weighted by Gasteiger charge is -2.30. The zero-order chi connectivity index (χ0) is 32.4. The first kappa shape index (κ1) is 28.6. The van der Waals surface area contributed by atoms with Crippen molar-refractivity contribution in [3.05, 3.63) is 174 Å². The van der Waals surface area contributed by atoms with Crippen molar-refractivity contribution in [3.8, 4) is 22.3 Å². The summed E-state index contributed by atoms with van der Waals surface area (Å²) < 4.78 is 0. The van der Waals surface area contributed by atoms with Crippen LogP contribution in [-0.2, 0) is 6.42 Å². The van der Waals surface area contributed by atoms with Gasteiger partial charge in [-0.1, -0.05) is 128 Å². The Balaban J connectivity index is 1.31. The molecular weight excluding hydrogens is 579 g/mol. The largest absolute Gasteiger partial charge is 0.309 e. The van der Waals surface area contributed by atoms with Gasteiger partial charge in [-0.2, -0.15) is 0 Å². The summed E-state index contributed by atoms with van der Waals surface area (Å²) in [5, 5.41) is 7.67. The van der Waals surface area contributed by atoms with Crippen molar-refractivity contribution in [1.82, 2.24) is 0 Å². The highest BCUT2D eigenvalue weighted by atomic mass is 15.1. The fraction of sp³-hybridized carbons (Fsp3) is 0.106. The molecule has 0 N–H and O–H groups in total. The average molecular weight is 616 g/mol. The van der Waals surface area contributed by atoms with Crippen LogP contribution in [0, 0.1) is 13.8 Å². The van der Waals surface area contributed by atoms with Gasteiger partial charge in [0.05, 0.1) is 5.69 Å². The van der Waals surface area contributed by atoms with E-state index in [1.165, 1.54) is 82.5 Å². The fourth-order valence-electron chi connectivity index (χ4n) is 8.12. The summed E-state index contributed by atoms with van der Waals surface area (Å²) in [6.45, 7) is 6.73. The lowest BCUT2D eigenvalue weighted by atomic mass is 9.77. The molecule has 0 heterocycles. The molecule has 0 aliphatic heterocycles. The van der Waals surface area contributed by atoms with E-state index in [4.69, 9.17) is 0 Å². The number of anilines is 3. The van der Waals surface area contributed by atoms with Crippen LogP contribution in [0.1, 0.15) is 35.1 Å². The maximum Gasteiger partial charge on any atom is 0.0618 e. The summed E-state index contributed by atoms with van der Waals surface area (Å²) in [5.41, 5.74) is 14.3. The van der Waals surface area contributed by atoms with Gasteiger partial charge in [-0.15, -0.1) is 0 Å². The molecule has 0 saturated heterocycles. The van der Waals surface area contributed by atoms with Crippen LogP contribution in [0.4, 0.5) is 17.1 Å². The molecule has 0 amide bonds. The highest BCUT2D eigenvalue weighted by Gasteiger charge is 2.25. The molecule has 9 rings (SSSR count). The van der Waals surface area contributed by atoms with E-state index in [0.29, 0.717) is 5.92 Å². The maximum atomic E-state index is 2.48. The number of nitrogens with zero attached hydrogens (tertiary/aromatic N) is 1. The highest BCUT2D eigenvalue weighted by molar-refractivity contribution is 6.22. The lowest BCUT2D eigenvalue weighted by Crippen LogP contribution is -2.12. The summed E-state index contributed by atoms with van der Waals surface area (Å²) >= 11 is 0. The summed E-state index contributed by atoms with van der Waals surface area (Å²) in [5.74, 6) is 0.459. The maximum absolute atomic E-state index is 2.48. The Hall–Kier alpha value is -5.66. The molecule has 0 fully saturated rings. The third-order valence-electron chi connectivity index (χ3n) is 10.3. The van der Waals surface area contributed by atoms with Crippen molar-refractivity contribution >= 4 is 49.4 Å². The van der Waals surface area contributed by atoms with E-state index in [1.807, 2.05) is 0 Å². The van der Waals surface area contributed by atoms with Crippen molar-refractivity contribution < 1.29 is 0 Å². The Kier molecular flexibility index (Phi) is 6.69. The van der Waals surface area contributed by atoms with Gasteiger partial charge in [0.15, 0.2) is 0 Å². The third-order valence-corrected chi connectivity index (χ3v) is 10.3. The van der Waals surface area contributed by atoms with Gasteiger partial charge in [0.25, 0.3) is 0 Å². The Morgan fingerprint density at radius 3 is 1.67 bits per heavy atom. The second kappa shape index (κ2) is 11.2. The molecule has 8 aromatic rings. The number of benzene rings is 8. The van der Waals surface area contributed by atoms with Gasteiger partial charge in [0, 0.05) is 22.1 Å². The fourth-order valence-corrected chi connectivity index (χ4v) is 8.12. The SMILES string of the molecule is Cc1cccc(N(c2cccc(C)c2)c2c3ccccc3c(-c3ccc4c(c3)CC(C)c3cc5ccccc5cc3-4)c3ccccc23)c1. The van der Waals surface area contributed by atoms with Crippen LogP contribution in [0.15, 0.2) is 152 Å². The van der Waals surface area contributed by atoms with E-state index in [9.17, 15) is 0 Å². The normalized spacial score (nSPS) is 13.9. The van der Waals surface area contributed by atoms with Crippen LogP contribution in [0.25, 0.3) is 54.6 Å². The first-order valence-corrected chi connectivity index (χ1v) is 17.1. The van der Waals surface area contributed by atoms with E-state index in [0.717, 1.165) is 17.8 Å². The molecule has 0 bridgehead atoms. The molecule has 1 aliphatic carbocycles. The van der Waals surface area contributed by atoms with E-state index in [2.05, 4.69) is 177 Å². The number of hydrogen-bond acceptors (Lipinski definition) is 1. The molecule has 230 valence electrons. The van der Waals surface area contributed by atoms with Crippen LogP contribution in [0.3, 0.4) is 0 Å². The van der Waals surface area contributed by atoms with Crippen LogP contribution in [0.5, 0.6) is 0 Å². The monoisotopic (exact) mass is 615 g/mol. The number of rotatable bonds is 4. The van der Waals surface area contributed by atoms with E-state index >= 15 is 0 Å². The summed E-state index contributed by atoms with van der Waals surface area (Å²) in [7, 11) is 0.